The Bertz CT molecular complexity index is 387. The number of hydrogen-bond donors (Lipinski definition) is 1. The first-order valence-electron chi connectivity index (χ1n) is 6.62. The van der Waals surface area contributed by atoms with Gasteiger partial charge in [-0.1, -0.05) is 19.9 Å². The molecule has 2 rings (SSSR count). The molecule has 1 N–H and O–H groups in total. The summed E-state index contributed by atoms with van der Waals surface area (Å²) in [6, 6.07) is 6.01. The van der Waals surface area contributed by atoms with Crippen LogP contribution in [-0.2, 0) is 5.54 Å². The lowest BCUT2D eigenvalue weighted by Crippen LogP contribution is -2.42. The monoisotopic (exact) mass is 249 g/mol. The summed E-state index contributed by atoms with van der Waals surface area (Å²) in [5.74, 6) is 2.32. The fourth-order valence-electron chi connectivity index (χ4n) is 3.05. The Hall–Kier alpha value is -1.22. The first kappa shape index (κ1) is 13.2. The molecular weight excluding hydrogens is 226 g/mol. The van der Waals surface area contributed by atoms with Crippen molar-refractivity contribution in [3.05, 3.63) is 23.8 Å². The standard InChI is InChI=1S/C15H23NO2/c1-11(2)15(9-6-10-16-15)14-12(17-3)7-5-8-13(14)18-4/h5,7-8,11,16H,6,9-10H2,1-4H3. The average molecular weight is 249 g/mol. The Morgan fingerprint density at radius 2 is 1.78 bits per heavy atom. The molecule has 3 heteroatoms. The molecule has 1 aliphatic rings. The first-order valence-corrected chi connectivity index (χ1v) is 6.62. The van der Waals surface area contributed by atoms with Crippen LogP contribution in [0, 0.1) is 5.92 Å². The van der Waals surface area contributed by atoms with E-state index in [4.69, 9.17) is 9.47 Å². The first-order chi connectivity index (χ1) is 8.65. The highest BCUT2D eigenvalue weighted by atomic mass is 16.5. The molecule has 1 atom stereocenters. The van der Waals surface area contributed by atoms with Crippen molar-refractivity contribution in [1.82, 2.24) is 5.32 Å². The summed E-state index contributed by atoms with van der Waals surface area (Å²) >= 11 is 0. The summed E-state index contributed by atoms with van der Waals surface area (Å²) in [5, 5.41) is 3.68. The lowest BCUT2D eigenvalue weighted by atomic mass is 9.78. The van der Waals surface area contributed by atoms with Gasteiger partial charge in [0.05, 0.1) is 25.3 Å². The van der Waals surface area contributed by atoms with Crippen LogP contribution in [0.25, 0.3) is 0 Å². The Kier molecular flexibility index (Phi) is 3.81. The lowest BCUT2D eigenvalue weighted by molar-refractivity contribution is 0.252. The number of nitrogens with one attached hydrogen (secondary N) is 1. The second kappa shape index (κ2) is 5.19. The molecule has 1 saturated heterocycles. The molecule has 1 unspecified atom stereocenters. The van der Waals surface area contributed by atoms with E-state index in [0.717, 1.165) is 24.5 Å². The second-order valence-corrected chi connectivity index (χ2v) is 5.19. The molecule has 0 aliphatic carbocycles. The molecule has 3 nitrogen and oxygen atoms in total. The molecule has 0 amide bonds. The molecule has 18 heavy (non-hydrogen) atoms. The van der Waals surface area contributed by atoms with Gasteiger partial charge in [-0.25, -0.2) is 0 Å². The van der Waals surface area contributed by atoms with Gasteiger partial charge in [-0.3, -0.25) is 0 Å². The normalized spacial score (nSPS) is 23.4. The van der Waals surface area contributed by atoms with E-state index in [1.165, 1.54) is 12.0 Å². The molecular formula is C15H23NO2. The van der Waals surface area contributed by atoms with E-state index < -0.39 is 0 Å². The number of methoxy groups -OCH3 is 2. The topological polar surface area (TPSA) is 30.5 Å². The van der Waals surface area contributed by atoms with Gasteiger partial charge in [0.1, 0.15) is 11.5 Å². The Morgan fingerprint density at radius 1 is 1.17 bits per heavy atom. The quantitative estimate of drug-likeness (QED) is 0.890. The van der Waals surface area contributed by atoms with E-state index >= 15 is 0 Å². The molecule has 100 valence electrons. The van der Waals surface area contributed by atoms with Gasteiger partial charge in [0.25, 0.3) is 0 Å². The molecule has 0 spiro atoms. The number of hydrogen-bond acceptors (Lipinski definition) is 3. The zero-order valence-corrected chi connectivity index (χ0v) is 11.7. The molecule has 1 fully saturated rings. The van der Waals surface area contributed by atoms with Gasteiger partial charge in [0, 0.05) is 0 Å². The zero-order valence-electron chi connectivity index (χ0n) is 11.7. The average Bonchev–Trinajstić information content (AvgIpc) is 2.88. The third-order valence-electron chi connectivity index (χ3n) is 4.05. The highest BCUT2D eigenvalue weighted by Crippen LogP contribution is 2.46. The van der Waals surface area contributed by atoms with Crippen molar-refractivity contribution in [3.8, 4) is 11.5 Å². The van der Waals surface area contributed by atoms with E-state index in [1.807, 2.05) is 18.2 Å². The molecule has 0 bridgehead atoms. The summed E-state index contributed by atoms with van der Waals surface area (Å²) in [5.41, 5.74) is 1.14. The van der Waals surface area contributed by atoms with Crippen LogP contribution in [0.1, 0.15) is 32.3 Å². The van der Waals surface area contributed by atoms with Gasteiger partial charge in [-0.05, 0) is 37.4 Å². The van der Waals surface area contributed by atoms with Gasteiger partial charge >= 0.3 is 0 Å². The smallest absolute Gasteiger partial charge is 0.127 e. The van der Waals surface area contributed by atoms with E-state index in [9.17, 15) is 0 Å². The van der Waals surface area contributed by atoms with Gasteiger partial charge in [0.2, 0.25) is 0 Å². The van der Waals surface area contributed by atoms with Crippen molar-refractivity contribution in [2.45, 2.75) is 32.2 Å². The lowest BCUT2D eigenvalue weighted by Gasteiger charge is -2.36. The van der Waals surface area contributed by atoms with E-state index in [0.29, 0.717) is 5.92 Å². The zero-order chi connectivity index (χ0) is 13.2. The van der Waals surface area contributed by atoms with Crippen LogP contribution in [0.4, 0.5) is 0 Å². The predicted octanol–water partition coefficient (Wildman–Crippen LogP) is 2.94. The van der Waals surface area contributed by atoms with Crippen LogP contribution in [0.2, 0.25) is 0 Å². The van der Waals surface area contributed by atoms with E-state index in [-0.39, 0.29) is 5.54 Å². The van der Waals surface area contributed by atoms with Crippen LogP contribution in [-0.4, -0.2) is 20.8 Å². The van der Waals surface area contributed by atoms with Crippen molar-refractivity contribution in [2.24, 2.45) is 5.92 Å². The maximum atomic E-state index is 5.56. The Balaban J connectivity index is 2.59. The predicted molar refractivity (Wildman–Crippen MR) is 73.3 cm³/mol. The molecule has 0 saturated carbocycles. The van der Waals surface area contributed by atoms with Crippen molar-refractivity contribution >= 4 is 0 Å². The summed E-state index contributed by atoms with van der Waals surface area (Å²) in [6.45, 7) is 5.56. The maximum Gasteiger partial charge on any atom is 0.127 e. The number of ether oxygens (including phenoxy) is 2. The molecule has 1 aromatic carbocycles. The summed E-state index contributed by atoms with van der Waals surface area (Å²) in [7, 11) is 3.45. The maximum absolute atomic E-state index is 5.56. The van der Waals surface area contributed by atoms with Crippen molar-refractivity contribution in [3.63, 3.8) is 0 Å². The molecule has 0 aromatic heterocycles. The molecule has 1 heterocycles. The van der Waals surface area contributed by atoms with Crippen molar-refractivity contribution in [1.29, 1.82) is 0 Å². The Morgan fingerprint density at radius 3 is 2.17 bits per heavy atom. The summed E-state index contributed by atoms with van der Waals surface area (Å²) in [4.78, 5) is 0. The third-order valence-corrected chi connectivity index (χ3v) is 4.05. The highest BCUT2D eigenvalue weighted by Gasteiger charge is 2.42. The van der Waals surface area contributed by atoms with Crippen LogP contribution < -0.4 is 14.8 Å². The highest BCUT2D eigenvalue weighted by molar-refractivity contribution is 5.50. The largest absolute Gasteiger partial charge is 0.496 e. The van der Waals surface area contributed by atoms with Crippen LogP contribution in [0.5, 0.6) is 11.5 Å². The summed E-state index contributed by atoms with van der Waals surface area (Å²) in [6.07, 6.45) is 2.32. The molecule has 0 radical (unpaired) electrons. The SMILES string of the molecule is COc1cccc(OC)c1C1(C(C)C)CCCN1. The summed E-state index contributed by atoms with van der Waals surface area (Å²) < 4.78 is 11.1. The van der Waals surface area contributed by atoms with Gasteiger partial charge in [0.15, 0.2) is 0 Å². The number of rotatable bonds is 4. The minimum atomic E-state index is -0.0298. The number of benzene rings is 1. The van der Waals surface area contributed by atoms with Crippen molar-refractivity contribution in [2.75, 3.05) is 20.8 Å². The minimum absolute atomic E-state index is 0.0298. The van der Waals surface area contributed by atoms with Gasteiger partial charge in [-0.15, -0.1) is 0 Å². The molecule has 1 aliphatic heterocycles. The van der Waals surface area contributed by atoms with E-state index in [1.54, 1.807) is 14.2 Å². The third kappa shape index (κ3) is 1.97. The van der Waals surface area contributed by atoms with Crippen LogP contribution in [0.3, 0.4) is 0 Å². The van der Waals surface area contributed by atoms with Crippen molar-refractivity contribution < 1.29 is 9.47 Å². The van der Waals surface area contributed by atoms with Crippen LogP contribution in [0.15, 0.2) is 18.2 Å². The second-order valence-electron chi connectivity index (χ2n) is 5.19. The van der Waals surface area contributed by atoms with E-state index in [2.05, 4.69) is 19.2 Å². The van der Waals surface area contributed by atoms with Gasteiger partial charge in [-0.2, -0.15) is 0 Å². The molecule has 1 aromatic rings. The Labute approximate surface area is 109 Å². The van der Waals surface area contributed by atoms with Gasteiger partial charge < -0.3 is 14.8 Å². The fourth-order valence-corrected chi connectivity index (χ4v) is 3.05. The van der Waals surface area contributed by atoms with Crippen LogP contribution >= 0.6 is 0 Å². The minimum Gasteiger partial charge on any atom is -0.496 e. The fraction of sp³-hybridized carbons (Fsp3) is 0.600.